The average Bonchev–Trinajstić information content (AvgIpc) is 2.77. The Labute approximate surface area is 192 Å². The van der Waals surface area contributed by atoms with Crippen molar-refractivity contribution < 1.29 is 14.3 Å². The van der Waals surface area contributed by atoms with Gasteiger partial charge in [0.2, 0.25) is 0 Å². The molecule has 0 saturated carbocycles. The molecular weight excluding hydrogens is 424 g/mol. The number of benzene rings is 1. The van der Waals surface area contributed by atoms with Gasteiger partial charge in [-0.3, -0.25) is 14.6 Å². The van der Waals surface area contributed by atoms with Gasteiger partial charge in [-0.05, 0) is 66.9 Å². The number of nitrogens with one attached hydrogen (secondary N) is 2. The normalized spacial score (nSPS) is 10.6. The fourth-order valence-corrected chi connectivity index (χ4v) is 4.06. The van der Waals surface area contributed by atoms with Gasteiger partial charge in [-0.25, -0.2) is 4.98 Å². The summed E-state index contributed by atoms with van der Waals surface area (Å²) < 4.78 is 4.94. The van der Waals surface area contributed by atoms with E-state index in [-0.39, 0.29) is 11.8 Å². The molecule has 32 heavy (non-hydrogen) atoms. The molecule has 2 aromatic heterocycles. The van der Waals surface area contributed by atoms with Crippen LogP contribution < -0.4 is 10.6 Å². The molecule has 0 aliphatic rings. The molecular formula is C24H26N4O3S. The number of thioether (sulfide) groups is 1. The van der Waals surface area contributed by atoms with Crippen LogP contribution in [0.1, 0.15) is 37.5 Å². The first-order chi connectivity index (χ1) is 15.5. The van der Waals surface area contributed by atoms with Gasteiger partial charge >= 0.3 is 0 Å². The number of ether oxygens (including phenoxy) is 1. The third-order valence-corrected chi connectivity index (χ3v) is 5.60. The minimum atomic E-state index is -0.250. The first kappa shape index (κ1) is 23.4. The highest BCUT2D eigenvalue weighted by molar-refractivity contribution is 7.98. The highest BCUT2D eigenvalue weighted by atomic mass is 32.2. The van der Waals surface area contributed by atoms with Crippen LogP contribution in [0.4, 0.5) is 5.69 Å². The maximum atomic E-state index is 12.9. The lowest BCUT2D eigenvalue weighted by Crippen LogP contribution is -2.27. The largest absolute Gasteiger partial charge is 0.383 e. The van der Waals surface area contributed by atoms with Crippen molar-refractivity contribution in [3.05, 3.63) is 82.8 Å². The number of aryl methyl sites for hydroxylation is 2. The quantitative estimate of drug-likeness (QED) is 0.378. The smallest absolute Gasteiger partial charge is 0.269 e. The SMILES string of the molecule is COCCNC(=O)c1cc(CSc2ncccc2C(=O)Nc2cc(C)cc(C)c2)ccn1. The molecule has 0 spiro atoms. The van der Waals surface area contributed by atoms with E-state index in [0.717, 1.165) is 22.4 Å². The third-order valence-electron chi connectivity index (χ3n) is 4.52. The Hall–Kier alpha value is -3.23. The molecule has 0 atom stereocenters. The lowest BCUT2D eigenvalue weighted by molar-refractivity contribution is 0.0931. The Morgan fingerprint density at radius 2 is 1.78 bits per heavy atom. The standard InChI is InChI=1S/C24H26N4O3S/c1-16-11-17(2)13-19(12-16)28-22(29)20-5-4-7-27-24(20)32-15-18-6-8-25-21(14-18)23(30)26-9-10-31-3/h4-8,11-14H,9-10,15H2,1-3H3,(H,26,30)(H,28,29). The summed E-state index contributed by atoms with van der Waals surface area (Å²) in [5, 5.41) is 6.34. The maximum Gasteiger partial charge on any atom is 0.269 e. The van der Waals surface area contributed by atoms with Crippen molar-refractivity contribution in [2.75, 3.05) is 25.6 Å². The molecule has 1 aromatic carbocycles. The molecule has 0 bridgehead atoms. The molecule has 0 fully saturated rings. The molecule has 3 rings (SSSR count). The Morgan fingerprint density at radius 1 is 1.00 bits per heavy atom. The first-order valence-corrected chi connectivity index (χ1v) is 11.1. The van der Waals surface area contributed by atoms with Gasteiger partial charge in [-0.2, -0.15) is 0 Å². The Balaban J connectivity index is 1.68. The van der Waals surface area contributed by atoms with Crippen molar-refractivity contribution in [1.82, 2.24) is 15.3 Å². The van der Waals surface area contributed by atoms with Crippen LogP contribution in [0.15, 0.2) is 59.9 Å². The lowest BCUT2D eigenvalue weighted by Gasteiger charge is -2.11. The van der Waals surface area contributed by atoms with Crippen molar-refractivity contribution in [3.8, 4) is 0 Å². The van der Waals surface area contributed by atoms with Crippen LogP contribution in [0, 0.1) is 13.8 Å². The van der Waals surface area contributed by atoms with Gasteiger partial charge < -0.3 is 15.4 Å². The number of carbonyl (C=O) groups is 2. The molecule has 3 aromatic rings. The lowest BCUT2D eigenvalue weighted by atomic mass is 10.1. The monoisotopic (exact) mass is 450 g/mol. The molecule has 2 amide bonds. The minimum absolute atomic E-state index is 0.210. The Kier molecular flexibility index (Phi) is 8.35. The zero-order chi connectivity index (χ0) is 22.9. The first-order valence-electron chi connectivity index (χ1n) is 10.2. The summed E-state index contributed by atoms with van der Waals surface area (Å²) in [5.74, 6) is 0.0839. The van der Waals surface area contributed by atoms with E-state index in [0.29, 0.717) is 35.2 Å². The number of hydrogen-bond donors (Lipinski definition) is 2. The van der Waals surface area contributed by atoms with Crippen LogP contribution >= 0.6 is 11.8 Å². The van der Waals surface area contributed by atoms with E-state index in [4.69, 9.17) is 4.74 Å². The van der Waals surface area contributed by atoms with Crippen LogP contribution in [-0.2, 0) is 10.5 Å². The van der Waals surface area contributed by atoms with Crippen molar-refractivity contribution in [3.63, 3.8) is 0 Å². The zero-order valence-corrected chi connectivity index (χ0v) is 19.2. The second kappa shape index (κ2) is 11.4. The average molecular weight is 451 g/mol. The van der Waals surface area contributed by atoms with Gasteiger partial charge in [-0.15, -0.1) is 11.8 Å². The molecule has 0 unspecified atom stereocenters. The van der Waals surface area contributed by atoms with Gasteiger partial charge in [0.25, 0.3) is 11.8 Å². The fraction of sp³-hybridized carbons (Fsp3) is 0.250. The summed E-state index contributed by atoms with van der Waals surface area (Å²) in [6.45, 7) is 4.85. The summed E-state index contributed by atoms with van der Waals surface area (Å²) in [4.78, 5) is 33.6. The summed E-state index contributed by atoms with van der Waals surface area (Å²) in [7, 11) is 1.58. The molecule has 7 nitrogen and oxygen atoms in total. The molecule has 2 N–H and O–H groups in total. The van der Waals surface area contributed by atoms with Crippen molar-refractivity contribution in [2.24, 2.45) is 0 Å². The number of anilines is 1. The predicted octanol–water partition coefficient (Wildman–Crippen LogP) is 4.01. The molecule has 8 heteroatoms. The number of nitrogens with zero attached hydrogens (tertiary/aromatic N) is 2. The number of pyridine rings is 2. The maximum absolute atomic E-state index is 12.9. The van der Waals surface area contributed by atoms with E-state index >= 15 is 0 Å². The number of aromatic nitrogens is 2. The Morgan fingerprint density at radius 3 is 2.53 bits per heavy atom. The summed E-state index contributed by atoms with van der Waals surface area (Å²) >= 11 is 1.44. The zero-order valence-electron chi connectivity index (χ0n) is 18.3. The third kappa shape index (κ3) is 6.63. The second-order valence-corrected chi connectivity index (χ2v) is 8.24. The molecule has 0 saturated heterocycles. The minimum Gasteiger partial charge on any atom is -0.383 e. The van der Waals surface area contributed by atoms with Gasteiger partial charge in [0, 0.05) is 37.5 Å². The topological polar surface area (TPSA) is 93.2 Å². The van der Waals surface area contributed by atoms with E-state index < -0.39 is 0 Å². The number of methoxy groups -OCH3 is 1. The molecule has 2 heterocycles. The number of amides is 2. The van der Waals surface area contributed by atoms with Gasteiger partial charge in [0.1, 0.15) is 10.7 Å². The van der Waals surface area contributed by atoms with Crippen LogP contribution in [0.2, 0.25) is 0 Å². The number of carbonyl (C=O) groups excluding carboxylic acids is 2. The van der Waals surface area contributed by atoms with E-state index in [2.05, 4.69) is 26.7 Å². The van der Waals surface area contributed by atoms with Crippen molar-refractivity contribution in [2.45, 2.75) is 24.6 Å². The summed E-state index contributed by atoms with van der Waals surface area (Å²) in [5.41, 5.74) is 4.68. The van der Waals surface area contributed by atoms with Crippen LogP contribution in [0.5, 0.6) is 0 Å². The highest BCUT2D eigenvalue weighted by Crippen LogP contribution is 2.25. The van der Waals surface area contributed by atoms with E-state index in [1.54, 1.807) is 37.7 Å². The Bertz CT molecular complexity index is 1080. The van der Waals surface area contributed by atoms with Crippen LogP contribution in [0.3, 0.4) is 0 Å². The van der Waals surface area contributed by atoms with E-state index in [9.17, 15) is 9.59 Å². The molecule has 0 aliphatic heterocycles. The fourth-order valence-electron chi connectivity index (χ4n) is 3.12. The van der Waals surface area contributed by atoms with Gasteiger partial charge in [0.15, 0.2) is 0 Å². The molecule has 0 radical (unpaired) electrons. The molecule has 0 aliphatic carbocycles. The second-order valence-electron chi connectivity index (χ2n) is 7.27. The van der Waals surface area contributed by atoms with Gasteiger partial charge in [0.05, 0.1) is 12.2 Å². The number of hydrogen-bond acceptors (Lipinski definition) is 6. The van der Waals surface area contributed by atoms with Crippen LogP contribution in [-0.4, -0.2) is 42.0 Å². The van der Waals surface area contributed by atoms with E-state index in [1.807, 2.05) is 32.0 Å². The predicted molar refractivity (Wildman–Crippen MR) is 126 cm³/mol. The van der Waals surface area contributed by atoms with E-state index in [1.165, 1.54) is 11.8 Å². The summed E-state index contributed by atoms with van der Waals surface area (Å²) in [6.07, 6.45) is 3.27. The summed E-state index contributed by atoms with van der Waals surface area (Å²) in [6, 6.07) is 13.0. The van der Waals surface area contributed by atoms with Crippen molar-refractivity contribution >= 4 is 29.3 Å². The van der Waals surface area contributed by atoms with Crippen molar-refractivity contribution in [1.29, 1.82) is 0 Å². The van der Waals surface area contributed by atoms with Gasteiger partial charge in [-0.1, -0.05) is 6.07 Å². The molecule has 166 valence electrons. The van der Waals surface area contributed by atoms with Crippen LogP contribution in [0.25, 0.3) is 0 Å². The highest BCUT2D eigenvalue weighted by Gasteiger charge is 2.14. The number of rotatable bonds is 9.